The van der Waals surface area contributed by atoms with E-state index in [1.54, 1.807) is 0 Å². The molecule has 3 atom stereocenters. The normalized spacial score (nSPS) is 27.9. The molecule has 0 bridgehead atoms. The average Bonchev–Trinajstić information content (AvgIpc) is 2.59. The van der Waals surface area contributed by atoms with Gasteiger partial charge >= 0.3 is 0 Å². The Morgan fingerprint density at radius 2 is 2.21 bits per heavy atom. The Bertz CT molecular complexity index is 158. The van der Waals surface area contributed by atoms with Gasteiger partial charge < -0.3 is 5.32 Å². The summed E-state index contributed by atoms with van der Waals surface area (Å²) in [7, 11) is 2.09. The maximum Gasteiger partial charge on any atom is 0.0217 e. The fourth-order valence-electron chi connectivity index (χ4n) is 2.36. The minimum absolute atomic E-state index is 0.667. The first-order valence-corrected chi connectivity index (χ1v) is 6.10. The van der Waals surface area contributed by atoms with Crippen molar-refractivity contribution in [2.75, 3.05) is 20.1 Å². The van der Waals surface area contributed by atoms with Crippen molar-refractivity contribution >= 4 is 0 Å². The Hall–Kier alpha value is -0.0800. The number of likely N-dealkylation sites (tertiary alicyclic amines) is 1. The highest BCUT2D eigenvalue weighted by molar-refractivity contribution is 4.81. The molecule has 1 heterocycles. The third kappa shape index (κ3) is 2.96. The molecule has 1 fully saturated rings. The molecule has 0 aromatic heterocycles. The lowest BCUT2D eigenvalue weighted by Gasteiger charge is -2.30. The van der Waals surface area contributed by atoms with Gasteiger partial charge in [0.15, 0.2) is 0 Å². The Balaban J connectivity index is 2.39. The van der Waals surface area contributed by atoms with Crippen LogP contribution in [0, 0.1) is 5.92 Å². The van der Waals surface area contributed by atoms with Crippen molar-refractivity contribution in [2.24, 2.45) is 5.92 Å². The van der Waals surface area contributed by atoms with Gasteiger partial charge in [0, 0.05) is 18.6 Å². The predicted molar refractivity (Wildman–Crippen MR) is 62.6 cm³/mol. The molecule has 0 amide bonds. The molecule has 1 N–H and O–H groups in total. The molecular weight excluding hydrogens is 172 g/mol. The Morgan fingerprint density at radius 1 is 1.50 bits per heavy atom. The van der Waals surface area contributed by atoms with Crippen molar-refractivity contribution in [3.05, 3.63) is 0 Å². The highest BCUT2D eigenvalue weighted by atomic mass is 15.2. The van der Waals surface area contributed by atoms with Crippen LogP contribution in [0.15, 0.2) is 0 Å². The second kappa shape index (κ2) is 5.72. The van der Waals surface area contributed by atoms with Crippen molar-refractivity contribution in [2.45, 2.75) is 52.1 Å². The van der Waals surface area contributed by atoms with Gasteiger partial charge in [-0.15, -0.1) is 0 Å². The molecule has 1 aliphatic heterocycles. The molecule has 1 saturated heterocycles. The number of hydrogen-bond acceptors (Lipinski definition) is 2. The van der Waals surface area contributed by atoms with Gasteiger partial charge in [0.25, 0.3) is 0 Å². The van der Waals surface area contributed by atoms with Gasteiger partial charge in [0.2, 0.25) is 0 Å². The lowest BCUT2D eigenvalue weighted by atomic mass is 9.98. The molecule has 1 aliphatic rings. The summed E-state index contributed by atoms with van der Waals surface area (Å²) in [6, 6.07) is 1.47. The van der Waals surface area contributed by atoms with Crippen LogP contribution in [-0.4, -0.2) is 37.1 Å². The molecule has 14 heavy (non-hydrogen) atoms. The minimum atomic E-state index is 0.667. The zero-order chi connectivity index (χ0) is 10.6. The van der Waals surface area contributed by atoms with Gasteiger partial charge in [0.1, 0.15) is 0 Å². The molecule has 0 saturated carbocycles. The number of nitrogens with zero attached hydrogens (tertiary/aromatic N) is 1. The van der Waals surface area contributed by atoms with Crippen LogP contribution >= 0.6 is 0 Å². The fraction of sp³-hybridized carbons (Fsp3) is 1.00. The van der Waals surface area contributed by atoms with Crippen LogP contribution in [0.1, 0.15) is 40.0 Å². The van der Waals surface area contributed by atoms with E-state index in [9.17, 15) is 0 Å². The molecule has 0 aromatic rings. The summed E-state index contributed by atoms with van der Waals surface area (Å²) in [6.45, 7) is 9.52. The third-order valence-corrected chi connectivity index (χ3v) is 3.82. The molecule has 0 aromatic carbocycles. The van der Waals surface area contributed by atoms with Gasteiger partial charge in [-0.25, -0.2) is 0 Å². The van der Waals surface area contributed by atoms with Crippen LogP contribution in [0.5, 0.6) is 0 Å². The zero-order valence-corrected chi connectivity index (χ0v) is 10.2. The van der Waals surface area contributed by atoms with Crippen molar-refractivity contribution in [3.8, 4) is 0 Å². The number of hydrogen-bond donors (Lipinski definition) is 1. The highest BCUT2D eigenvalue weighted by Crippen LogP contribution is 2.18. The Labute approximate surface area is 89.1 Å². The molecule has 84 valence electrons. The monoisotopic (exact) mass is 198 g/mol. The summed E-state index contributed by atoms with van der Waals surface area (Å²) < 4.78 is 0. The van der Waals surface area contributed by atoms with Crippen molar-refractivity contribution < 1.29 is 0 Å². The summed E-state index contributed by atoms with van der Waals surface area (Å²) in [5, 5.41) is 3.46. The highest BCUT2D eigenvalue weighted by Gasteiger charge is 2.24. The first-order valence-electron chi connectivity index (χ1n) is 6.10. The molecule has 2 nitrogen and oxygen atoms in total. The SMILES string of the molecule is CCC(C)C(CN1CCCC1C)NC. The molecule has 0 radical (unpaired) electrons. The first kappa shape index (κ1) is 12.0. The van der Waals surface area contributed by atoms with Crippen LogP contribution in [0.2, 0.25) is 0 Å². The van der Waals surface area contributed by atoms with E-state index in [-0.39, 0.29) is 0 Å². The average molecular weight is 198 g/mol. The van der Waals surface area contributed by atoms with Crippen LogP contribution in [0.3, 0.4) is 0 Å². The van der Waals surface area contributed by atoms with Gasteiger partial charge in [-0.05, 0) is 39.3 Å². The molecule has 2 heteroatoms. The smallest absolute Gasteiger partial charge is 0.0217 e. The standard InChI is InChI=1S/C12H26N2/c1-5-10(2)12(13-4)9-14-8-6-7-11(14)3/h10-13H,5-9H2,1-4H3. The van der Waals surface area contributed by atoms with Crippen LogP contribution in [0.4, 0.5) is 0 Å². The number of rotatable bonds is 5. The largest absolute Gasteiger partial charge is 0.315 e. The Kier molecular flexibility index (Phi) is 4.90. The van der Waals surface area contributed by atoms with Gasteiger partial charge in [0.05, 0.1) is 0 Å². The van der Waals surface area contributed by atoms with Gasteiger partial charge in [-0.3, -0.25) is 4.90 Å². The van der Waals surface area contributed by atoms with E-state index < -0.39 is 0 Å². The summed E-state index contributed by atoms with van der Waals surface area (Å²) in [5.41, 5.74) is 0. The maximum absolute atomic E-state index is 3.46. The van der Waals surface area contributed by atoms with E-state index in [0.717, 1.165) is 12.0 Å². The van der Waals surface area contributed by atoms with Gasteiger partial charge in [-0.1, -0.05) is 20.3 Å². The van der Waals surface area contributed by atoms with E-state index in [1.165, 1.54) is 32.4 Å². The molecule has 1 rings (SSSR count). The third-order valence-electron chi connectivity index (χ3n) is 3.82. The Morgan fingerprint density at radius 3 is 2.64 bits per heavy atom. The summed E-state index contributed by atoms with van der Waals surface area (Å²) in [4.78, 5) is 2.63. The van der Waals surface area contributed by atoms with Crippen molar-refractivity contribution in [3.63, 3.8) is 0 Å². The van der Waals surface area contributed by atoms with Gasteiger partial charge in [-0.2, -0.15) is 0 Å². The lowest BCUT2D eigenvalue weighted by Crippen LogP contribution is -2.44. The fourth-order valence-corrected chi connectivity index (χ4v) is 2.36. The zero-order valence-electron chi connectivity index (χ0n) is 10.2. The van der Waals surface area contributed by atoms with Crippen LogP contribution in [-0.2, 0) is 0 Å². The van der Waals surface area contributed by atoms with E-state index in [0.29, 0.717) is 6.04 Å². The summed E-state index contributed by atoms with van der Waals surface area (Å²) in [6.07, 6.45) is 4.04. The molecule has 0 aliphatic carbocycles. The van der Waals surface area contributed by atoms with Crippen LogP contribution < -0.4 is 5.32 Å². The number of nitrogens with one attached hydrogen (secondary N) is 1. The molecular formula is C12H26N2. The predicted octanol–water partition coefficient (Wildman–Crippen LogP) is 2.10. The molecule has 0 spiro atoms. The van der Waals surface area contributed by atoms with Crippen molar-refractivity contribution in [1.82, 2.24) is 10.2 Å². The van der Waals surface area contributed by atoms with E-state index in [4.69, 9.17) is 0 Å². The van der Waals surface area contributed by atoms with E-state index >= 15 is 0 Å². The quantitative estimate of drug-likeness (QED) is 0.728. The second-order valence-electron chi connectivity index (χ2n) is 4.77. The summed E-state index contributed by atoms with van der Waals surface area (Å²) in [5.74, 6) is 0.785. The molecule has 3 unspecified atom stereocenters. The first-order chi connectivity index (χ1) is 6.69. The van der Waals surface area contributed by atoms with Crippen molar-refractivity contribution in [1.29, 1.82) is 0 Å². The van der Waals surface area contributed by atoms with E-state index in [2.05, 4.69) is 38.0 Å². The second-order valence-corrected chi connectivity index (χ2v) is 4.77. The lowest BCUT2D eigenvalue weighted by molar-refractivity contribution is 0.211. The van der Waals surface area contributed by atoms with Crippen LogP contribution in [0.25, 0.3) is 0 Å². The summed E-state index contributed by atoms with van der Waals surface area (Å²) >= 11 is 0. The minimum Gasteiger partial charge on any atom is -0.315 e. The van der Waals surface area contributed by atoms with E-state index in [1.807, 2.05) is 0 Å². The number of likely N-dealkylation sites (N-methyl/N-ethyl adjacent to an activating group) is 1. The maximum atomic E-state index is 3.46. The topological polar surface area (TPSA) is 15.3 Å².